The molecule has 0 atom stereocenters. The second-order valence-electron chi connectivity index (χ2n) is 5.36. The molecule has 0 saturated carbocycles. The monoisotopic (exact) mass is 358 g/mol. The smallest absolute Gasteiger partial charge is 0.230 e. The van der Waals surface area contributed by atoms with E-state index in [1.54, 1.807) is 6.07 Å². The molecule has 20 heavy (non-hydrogen) atoms. The summed E-state index contributed by atoms with van der Waals surface area (Å²) in [7, 11) is 0. The summed E-state index contributed by atoms with van der Waals surface area (Å²) in [6.07, 6.45) is 3.76. The molecule has 0 aliphatic carbocycles. The molecule has 0 aromatic heterocycles. The average molecular weight is 360 g/mol. The van der Waals surface area contributed by atoms with Gasteiger partial charge >= 0.3 is 0 Å². The highest BCUT2D eigenvalue weighted by Crippen LogP contribution is 2.36. The van der Waals surface area contributed by atoms with Gasteiger partial charge < -0.3 is 10.6 Å². The van der Waals surface area contributed by atoms with Crippen molar-refractivity contribution in [3.63, 3.8) is 0 Å². The molecule has 0 unspecified atom stereocenters. The van der Waals surface area contributed by atoms with Gasteiger partial charge in [0.05, 0.1) is 10.4 Å². The van der Waals surface area contributed by atoms with Crippen molar-refractivity contribution in [2.24, 2.45) is 5.41 Å². The van der Waals surface area contributed by atoms with Gasteiger partial charge in [0.15, 0.2) is 0 Å². The number of halogens is 2. The van der Waals surface area contributed by atoms with E-state index in [2.05, 4.69) is 33.5 Å². The van der Waals surface area contributed by atoms with E-state index in [9.17, 15) is 4.79 Å². The van der Waals surface area contributed by atoms with Gasteiger partial charge in [-0.05, 0) is 66.5 Å². The summed E-state index contributed by atoms with van der Waals surface area (Å²) < 4.78 is 0.835. The minimum Gasteiger partial charge on any atom is -0.326 e. The highest BCUT2D eigenvalue weighted by molar-refractivity contribution is 9.10. The summed E-state index contributed by atoms with van der Waals surface area (Å²) in [4.78, 5) is 12.7. The molecule has 2 rings (SSSR count). The molecule has 3 nitrogen and oxygen atoms in total. The first-order valence-corrected chi connectivity index (χ1v) is 8.22. The molecule has 0 bridgehead atoms. The Balaban J connectivity index is 2.13. The first kappa shape index (κ1) is 15.8. The van der Waals surface area contributed by atoms with Crippen molar-refractivity contribution in [2.45, 2.75) is 32.6 Å². The summed E-state index contributed by atoms with van der Waals surface area (Å²) in [5.74, 6) is 0.124. The number of hydrogen-bond donors (Lipinski definition) is 2. The largest absolute Gasteiger partial charge is 0.326 e. The first-order valence-electron chi connectivity index (χ1n) is 7.04. The van der Waals surface area contributed by atoms with Gasteiger partial charge in [-0.25, -0.2) is 0 Å². The van der Waals surface area contributed by atoms with Crippen LogP contribution in [0.3, 0.4) is 0 Å². The molecule has 1 aliphatic heterocycles. The third-order valence-corrected chi connectivity index (χ3v) is 5.18. The normalized spacial score (nSPS) is 17.8. The van der Waals surface area contributed by atoms with E-state index in [1.807, 2.05) is 12.1 Å². The van der Waals surface area contributed by atoms with Crippen LogP contribution in [0.4, 0.5) is 5.69 Å². The van der Waals surface area contributed by atoms with Crippen molar-refractivity contribution >= 4 is 39.1 Å². The maximum Gasteiger partial charge on any atom is 0.230 e. The van der Waals surface area contributed by atoms with Gasteiger partial charge in [-0.1, -0.05) is 24.9 Å². The number of nitrogens with one attached hydrogen (secondary N) is 2. The van der Waals surface area contributed by atoms with Gasteiger partial charge in [0.25, 0.3) is 0 Å². The van der Waals surface area contributed by atoms with Crippen LogP contribution in [0.5, 0.6) is 0 Å². The van der Waals surface area contributed by atoms with E-state index >= 15 is 0 Å². The third-order valence-electron chi connectivity index (χ3n) is 3.95. The second-order valence-corrected chi connectivity index (χ2v) is 6.62. The summed E-state index contributed by atoms with van der Waals surface area (Å²) >= 11 is 9.43. The number of amides is 1. The Kier molecular flexibility index (Phi) is 5.47. The lowest BCUT2D eigenvalue weighted by molar-refractivity contribution is -0.127. The Hall–Kier alpha value is -0.580. The summed E-state index contributed by atoms with van der Waals surface area (Å²) in [6.45, 7) is 3.95. The molecular formula is C15H20BrClN2O. The molecule has 1 heterocycles. The van der Waals surface area contributed by atoms with Crippen molar-refractivity contribution in [2.75, 3.05) is 18.4 Å². The van der Waals surface area contributed by atoms with Gasteiger partial charge in [0.1, 0.15) is 0 Å². The zero-order valence-electron chi connectivity index (χ0n) is 11.6. The van der Waals surface area contributed by atoms with Crippen molar-refractivity contribution in [3.05, 3.63) is 27.7 Å². The fourth-order valence-corrected chi connectivity index (χ4v) is 3.24. The van der Waals surface area contributed by atoms with Crippen LogP contribution >= 0.6 is 27.5 Å². The predicted molar refractivity (Wildman–Crippen MR) is 87.2 cm³/mol. The lowest BCUT2D eigenvalue weighted by Crippen LogP contribution is -2.44. The molecule has 5 heteroatoms. The van der Waals surface area contributed by atoms with Crippen LogP contribution in [-0.2, 0) is 4.79 Å². The number of anilines is 1. The van der Waals surface area contributed by atoms with Crippen LogP contribution in [0.15, 0.2) is 22.7 Å². The maximum absolute atomic E-state index is 12.7. The lowest BCUT2D eigenvalue weighted by atomic mass is 9.74. The average Bonchev–Trinajstić information content (AvgIpc) is 2.44. The molecule has 1 amide bonds. The Morgan fingerprint density at radius 2 is 2.15 bits per heavy atom. The SMILES string of the molecule is CCCC1(C(=O)Nc2ccc(Br)c(Cl)c2)CCNCC1. The lowest BCUT2D eigenvalue weighted by Gasteiger charge is -2.36. The zero-order chi connectivity index (χ0) is 14.6. The van der Waals surface area contributed by atoms with E-state index in [0.29, 0.717) is 5.02 Å². The maximum atomic E-state index is 12.7. The van der Waals surface area contributed by atoms with Crippen LogP contribution in [-0.4, -0.2) is 19.0 Å². The molecular weight excluding hydrogens is 340 g/mol. The van der Waals surface area contributed by atoms with Gasteiger partial charge in [0.2, 0.25) is 5.91 Å². The fraction of sp³-hybridized carbons (Fsp3) is 0.533. The van der Waals surface area contributed by atoms with E-state index in [-0.39, 0.29) is 11.3 Å². The minimum absolute atomic E-state index is 0.124. The molecule has 0 radical (unpaired) electrons. The highest BCUT2D eigenvalue weighted by Gasteiger charge is 2.38. The number of rotatable bonds is 4. The number of piperidine rings is 1. The van der Waals surface area contributed by atoms with E-state index in [4.69, 9.17) is 11.6 Å². The van der Waals surface area contributed by atoms with Crippen molar-refractivity contribution in [1.29, 1.82) is 0 Å². The predicted octanol–water partition coefficient (Wildman–Crippen LogP) is 4.21. The summed E-state index contributed by atoms with van der Waals surface area (Å²) in [5, 5.41) is 6.97. The van der Waals surface area contributed by atoms with Gasteiger partial charge in [0, 0.05) is 10.2 Å². The van der Waals surface area contributed by atoms with E-state index in [1.165, 1.54) is 0 Å². The molecule has 0 spiro atoms. The quantitative estimate of drug-likeness (QED) is 0.845. The number of benzene rings is 1. The van der Waals surface area contributed by atoms with Crippen LogP contribution in [0.1, 0.15) is 32.6 Å². The van der Waals surface area contributed by atoms with Gasteiger partial charge in [-0.3, -0.25) is 4.79 Å². The number of carbonyl (C=O) groups is 1. The van der Waals surface area contributed by atoms with Gasteiger partial charge in [-0.15, -0.1) is 0 Å². The summed E-state index contributed by atoms with van der Waals surface area (Å²) in [6, 6.07) is 5.51. The second kappa shape index (κ2) is 6.92. The fourth-order valence-electron chi connectivity index (χ4n) is 2.81. The number of hydrogen-bond acceptors (Lipinski definition) is 2. The molecule has 1 saturated heterocycles. The molecule has 2 N–H and O–H groups in total. The van der Waals surface area contributed by atoms with E-state index < -0.39 is 0 Å². The Morgan fingerprint density at radius 3 is 2.75 bits per heavy atom. The Morgan fingerprint density at radius 1 is 1.45 bits per heavy atom. The third kappa shape index (κ3) is 3.54. The van der Waals surface area contributed by atoms with Crippen LogP contribution in [0.2, 0.25) is 5.02 Å². The first-order chi connectivity index (χ1) is 9.57. The van der Waals surface area contributed by atoms with Crippen LogP contribution in [0.25, 0.3) is 0 Å². The van der Waals surface area contributed by atoms with Crippen LogP contribution < -0.4 is 10.6 Å². The summed E-state index contributed by atoms with van der Waals surface area (Å²) in [5.41, 5.74) is 0.525. The zero-order valence-corrected chi connectivity index (χ0v) is 14.0. The molecule has 1 aromatic rings. The Bertz CT molecular complexity index is 481. The minimum atomic E-state index is -0.237. The van der Waals surface area contributed by atoms with Crippen molar-refractivity contribution in [3.8, 4) is 0 Å². The standard InChI is InChI=1S/C15H20BrClN2O/c1-2-5-15(6-8-18-9-7-15)14(20)19-11-3-4-12(16)13(17)10-11/h3-4,10,18H,2,5-9H2,1H3,(H,19,20). The topological polar surface area (TPSA) is 41.1 Å². The van der Waals surface area contributed by atoms with E-state index in [0.717, 1.165) is 48.9 Å². The van der Waals surface area contributed by atoms with Crippen molar-refractivity contribution in [1.82, 2.24) is 5.32 Å². The van der Waals surface area contributed by atoms with Crippen LogP contribution in [0, 0.1) is 5.41 Å². The molecule has 1 aromatic carbocycles. The highest BCUT2D eigenvalue weighted by atomic mass is 79.9. The molecule has 1 aliphatic rings. The molecule has 110 valence electrons. The molecule has 1 fully saturated rings. The number of carbonyl (C=O) groups excluding carboxylic acids is 1. The van der Waals surface area contributed by atoms with Gasteiger partial charge in [-0.2, -0.15) is 0 Å². The van der Waals surface area contributed by atoms with Crippen molar-refractivity contribution < 1.29 is 4.79 Å². The Labute approximate surface area is 133 Å².